The zero-order valence-electron chi connectivity index (χ0n) is 9.63. The molecule has 1 N–H and O–H groups in total. The Morgan fingerprint density at radius 3 is 2.56 bits per heavy atom. The molecule has 102 valence electrons. The van der Waals surface area contributed by atoms with Crippen molar-refractivity contribution in [2.75, 3.05) is 26.2 Å². The normalized spacial score (nSPS) is 20.0. The van der Waals surface area contributed by atoms with E-state index in [0.717, 1.165) is 22.4 Å². The van der Waals surface area contributed by atoms with Crippen molar-refractivity contribution >= 4 is 27.3 Å². The molecule has 0 bridgehead atoms. The molecule has 0 saturated carbocycles. The summed E-state index contributed by atoms with van der Waals surface area (Å²) in [6.07, 6.45) is -4.91. The minimum atomic E-state index is -4.13. The average Bonchev–Trinajstić information content (AvgIpc) is 2.73. The van der Waals surface area contributed by atoms with Gasteiger partial charge in [-0.25, -0.2) is 0 Å². The highest BCUT2D eigenvalue weighted by molar-refractivity contribution is 9.10. The van der Waals surface area contributed by atoms with Crippen molar-refractivity contribution in [1.29, 1.82) is 0 Å². The smallest absolute Gasteiger partial charge is 0.314 e. The van der Waals surface area contributed by atoms with Crippen molar-refractivity contribution in [2.45, 2.75) is 18.6 Å². The summed E-state index contributed by atoms with van der Waals surface area (Å²) in [5.74, 6) is 0. The monoisotopic (exact) mass is 342 g/mol. The van der Waals surface area contributed by atoms with Gasteiger partial charge in [-0.05, 0) is 22.0 Å². The van der Waals surface area contributed by atoms with Gasteiger partial charge >= 0.3 is 6.18 Å². The third-order valence-corrected chi connectivity index (χ3v) is 4.73. The first-order chi connectivity index (χ1) is 8.46. The Bertz CT molecular complexity index is 388. The van der Waals surface area contributed by atoms with Gasteiger partial charge in [0.2, 0.25) is 0 Å². The molecule has 0 aliphatic carbocycles. The van der Waals surface area contributed by atoms with E-state index in [9.17, 15) is 13.2 Å². The second-order valence-corrected chi connectivity index (χ2v) is 6.15. The molecule has 2 heterocycles. The lowest BCUT2D eigenvalue weighted by Crippen LogP contribution is -2.45. The van der Waals surface area contributed by atoms with Crippen molar-refractivity contribution in [1.82, 2.24) is 10.2 Å². The van der Waals surface area contributed by atoms with Crippen LogP contribution in [0.3, 0.4) is 0 Å². The van der Waals surface area contributed by atoms with Crippen LogP contribution in [0.15, 0.2) is 15.9 Å². The summed E-state index contributed by atoms with van der Waals surface area (Å²) in [5.41, 5.74) is 0. The number of rotatable bonds is 3. The predicted molar refractivity (Wildman–Crippen MR) is 69.9 cm³/mol. The van der Waals surface area contributed by atoms with Gasteiger partial charge in [0.25, 0.3) is 0 Å². The van der Waals surface area contributed by atoms with Gasteiger partial charge in [-0.3, -0.25) is 4.90 Å². The fraction of sp³-hybridized carbons (Fsp3) is 0.636. The number of piperazine rings is 1. The van der Waals surface area contributed by atoms with Crippen LogP contribution in [-0.2, 0) is 0 Å². The van der Waals surface area contributed by atoms with Crippen molar-refractivity contribution < 1.29 is 13.2 Å². The number of hydrogen-bond acceptors (Lipinski definition) is 3. The Hall–Kier alpha value is -0.110. The standard InChI is InChI=1S/C11H14BrF3N2S/c12-8-5-10(18-7-8)9(6-11(13,14)15)17-3-1-16-2-4-17/h5,7,9,16H,1-4,6H2/t9-/m0/s1. The number of alkyl halides is 3. The molecule has 0 spiro atoms. The molecular formula is C11H14BrF3N2S. The highest BCUT2D eigenvalue weighted by Gasteiger charge is 2.36. The van der Waals surface area contributed by atoms with E-state index in [1.807, 2.05) is 10.3 Å². The molecule has 1 fully saturated rings. The topological polar surface area (TPSA) is 15.3 Å². The maximum Gasteiger partial charge on any atom is 0.390 e. The molecule has 0 amide bonds. The Morgan fingerprint density at radius 1 is 1.39 bits per heavy atom. The lowest BCUT2D eigenvalue weighted by Gasteiger charge is -2.34. The number of nitrogens with one attached hydrogen (secondary N) is 1. The fourth-order valence-electron chi connectivity index (χ4n) is 2.13. The highest BCUT2D eigenvalue weighted by atomic mass is 79.9. The van der Waals surface area contributed by atoms with Crippen molar-refractivity contribution in [3.05, 3.63) is 20.8 Å². The summed E-state index contributed by atoms with van der Waals surface area (Å²) in [7, 11) is 0. The molecule has 0 unspecified atom stereocenters. The van der Waals surface area contributed by atoms with Crippen molar-refractivity contribution in [3.63, 3.8) is 0 Å². The van der Waals surface area contributed by atoms with Gasteiger partial charge in [0.05, 0.1) is 12.5 Å². The lowest BCUT2D eigenvalue weighted by atomic mass is 10.1. The molecule has 7 heteroatoms. The molecule has 1 atom stereocenters. The van der Waals surface area contributed by atoms with E-state index in [0.29, 0.717) is 13.1 Å². The minimum absolute atomic E-state index is 0.552. The summed E-state index contributed by atoms with van der Waals surface area (Å²) in [6, 6.07) is 1.24. The van der Waals surface area contributed by atoms with Gasteiger partial charge in [-0.15, -0.1) is 11.3 Å². The molecule has 1 aliphatic heterocycles. The summed E-state index contributed by atoms with van der Waals surface area (Å²) < 4.78 is 39.0. The Kier molecular flexibility index (Phi) is 4.69. The molecule has 2 rings (SSSR count). The zero-order chi connectivity index (χ0) is 13.2. The van der Waals surface area contributed by atoms with Crippen LogP contribution in [0.4, 0.5) is 13.2 Å². The summed E-state index contributed by atoms with van der Waals surface area (Å²) in [5, 5.41) is 4.99. The molecule has 2 nitrogen and oxygen atoms in total. The number of nitrogens with zero attached hydrogens (tertiary/aromatic N) is 1. The summed E-state index contributed by atoms with van der Waals surface area (Å²) >= 11 is 4.69. The second-order valence-electron chi connectivity index (χ2n) is 4.29. The van der Waals surface area contributed by atoms with Gasteiger partial charge in [0.15, 0.2) is 0 Å². The molecule has 0 radical (unpaired) electrons. The third kappa shape index (κ3) is 3.94. The van der Waals surface area contributed by atoms with Crippen LogP contribution in [0.2, 0.25) is 0 Å². The highest BCUT2D eigenvalue weighted by Crippen LogP contribution is 2.37. The van der Waals surface area contributed by atoms with Crippen LogP contribution in [0.5, 0.6) is 0 Å². The van der Waals surface area contributed by atoms with Crippen LogP contribution in [-0.4, -0.2) is 37.3 Å². The van der Waals surface area contributed by atoms with Gasteiger partial charge in [0.1, 0.15) is 0 Å². The Balaban J connectivity index is 2.16. The van der Waals surface area contributed by atoms with Crippen LogP contribution >= 0.6 is 27.3 Å². The average molecular weight is 343 g/mol. The summed E-state index contributed by atoms with van der Waals surface area (Å²) in [6.45, 7) is 2.83. The van der Waals surface area contributed by atoms with Gasteiger partial charge < -0.3 is 5.32 Å². The van der Waals surface area contributed by atoms with E-state index in [1.165, 1.54) is 11.3 Å². The maximum absolute atomic E-state index is 12.7. The summed E-state index contributed by atoms with van der Waals surface area (Å²) in [4.78, 5) is 2.70. The molecule has 1 aromatic rings. The van der Waals surface area contributed by atoms with Crippen molar-refractivity contribution in [2.24, 2.45) is 0 Å². The molecular weight excluding hydrogens is 329 g/mol. The quantitative estimate of drug-likeness (QED) is 0.905. The lowest BCUT2D eigenvalue weighted by molar-refractivity contribution is -0.148. The van der Waals surface area contributed by atoms with Crippen LogP contribution in [0.25, 0.3) is 0 Å². The SMILES string of the molecule is FC(F)(F)C[C@@H](c1cc(Br)cs1)N1CCNCC1. The number of hydrogen-bond donors (Lipinski definition) is 1. The number of thiophene rings is 1. The van der Waals surface area contributed by atoms with Crippen molar-refractivity contribution in [3.8, 4) is 0 Å². The Labute approximate surface area is 116 Å². The van der Waals surface area contributed by atoms with E-state index in [-0.39, 0.29) is 0 Å². The third-order valence-electron chi connectivity index (χ3n) is 2.93. The minimum Gasteiger partial charge on any atom is -0.314 e. The van der Waals surface area contributed by atoms with E-state index >= 15 is 0 Å². The van der Waals surface area contributed by atoms with E-state index in [1.54, 1.807) is 6.07 Å². The first-order valence-corrected chi connectivity index (χ1v) is 7.38. The van der Waals surface area contributed by atoms with E-state index < -0.39 is 18.6 Å². The maximum atomic E-state index is 12.7. The zero-order valence-corrected chi connectivity index (χ0v) is 12.0. The van der Waals surface area contributed by atoms with Crippen LogP contribution < -0.4 is 5.32 Å². The fourth-order valence-corrected chi connectivity index (χ4v) is 3.71. The second kappa shape index (κ2) is 5.90. The van der Waals surface area contributed by atoms with Crippen LogP contribution in [0, 0.1) is 0 Å². The first-order valence-electron chi connectivity index (χ1n) is 5.71. The molecule has 1 saturated heterocycles. The van der Waals surface area contributed by atoms with E-state index in [4.69, 9.17) is 0 Å². The molecule has 1 aliphatic rings. The molecule has 1 aromatic heterocycles. The van der Waals surface area contributed by atoms with Gasteiger partial charge in [-0.2, -0.15) is 13.2 Å². The predicted octanol–water partition coefficient (Wildman–Crippen LogP) is 3.41. The van der Waals surface area contributed by atoms with Gasteiger partial charge in [-0.1, -0.05) is 0 Å². The molecule has 18 heavy (non-hydrogen) atoms. The molecule has 0 aromatic carbocycles. The number of halogens is 4. The Morgan fingerprint density at radius 2 is 2.06 bits per heavy atom. The van der Waals surface area contributed by atoms with Crippen LogP contribution in [0.1, 0.15) is 17.3 Å². The largest absolute Gasteiger partial charge is 0.390 e. The first kappa shape index (κ1) is 14.3. The van der Waals surface area contributed by atoms with Gasteiger partial charge in [0, 0.05) is 40.9 Å². The van der Waals surface area contributed by atoms with E-state index in [2.05, 4.69) is 21.2 Å².